The molecule has 0 bridgehead atoms. The second-order valence-corrected chi connectivity index (χ2v) is 6.59. The lowest BCUT2D eigenvalue weighted by Gasteiger charge is -2.32. The zero-order valence-corrected chi connectivity index (χ0v) is 16.3. The van der Waals surface area contributed by atoms with Crippen LogP contribution < -0.4 is 14.8 Å². The molecule has 156 valence electrons. The highest BCUT2D eigenvalue weighted by molar-refractivity contribution is 5.92. The summed E-state index contributed by atoms with van der Waals surface area (Å²) in [6.07, 6.45) is 5.90. The summed E-state index contributed by atoms with van der Waals surface area (Å²) in [5.74, 6) is -0.0372. The fourth-order valence-corrected chi connectivity index (χ4v) is 3.14. The maximum absolute atomic E-state index is 12.4. The Morgan fingerprint density at radius 2 is 2.04 bits per heavy atom. The maximum Gasteiger partial charge on any atom is 0.387 e. The minimum absolute atomic E-state index is 0.0450. The zero-order chi connectivity index (χ0) is 20.4. The molecule has 6 nitrogen and oxygen atoms in total. The van der Waals surface area contributed by atoms with Crippen molar-refractivity contribution in [3.63, 3.8) is 0 Å². The number of hydrogen-bond acceptors (Lipinski definition) is 5. The molecule has 1 heterocycles. The third-order valence-electron chi connectivity index (χ3n) is 4.59. The number of ether oxygens (including phenoxy) is 3. The lowest BCUT2D eigenvalue weighted by atomic mass is 10.0. The van der Waals surface area contributed by atoms with Gasteiger partial charge in [-0.15, -0.1) is 0 Å². The summed E-state index contributed by atoms with van der Waals surface area (Å²) < 4.78 is 39.2. The molecule has 0 aromatic heterocycles. The number of nitrogens with zero attached hydrogens (tertiary/aromatic N) is 1. The molecule has 1 aromatic rings. The molecule has 1 N–H and O–H groups in total. The number of nitrogens with one attached hydrogen (secondary N) is 1. The first-order chi connectivity index (χ1) is 13.5. The summed E-state index contributed by atoms with van der Waals surface area (Å²) in [6.45, 7) is 0.776. The van der Waals surface area contributed by atoms with E-state index in [4.69, 9.17) is 9.47 Å². The highest BCUT2D eigenvalue weighted by Gasteiger charge is 2.19. The molecule has 1 amide bonds. The van der Waals surface area contributed by atoms with Crippen LogP contribution in [0.1, 0.15) is 24.8 Å². The van der Waals surface area contributed by atoms with Gasteiger partial charge in [0, 0.05) is 45.5 Å². The highest BCUT2D eigenvalue weighted by Crippen LogP contribution is 2.29. The smallest absolute Gasteiger partial charge is 0.387 e. The molecule has 1 aromatic carbocycles. The van der Waals surface area contributed by atoms with Crippen molar-refractivity contribution >= 4 is 12.0 Å². The Morgan fingerprint density at radius 1 is 1.29 bits per heavy atom. The van der Waals surface area contributed by atoms with Gasteiger partial charge in [0.1, 0.15) is 0 Å². The largest absolute Gasteiger partial charge is 0.493 e. The van der Waals surface area contributed by atoms with Gasteiger partial charge < -0.3 is 24.4 Å². The van der Waals surface area contributed by atoms with E-state index in [-0.39, 0.29) is 23.4 Å². The van der Waals surface area contributed by atoms with E-state index in [1.165, 1.54) is 19.3 Å². The SMILES string of the molecule is COCCCN1CCC(NC(=O)C=Cc2ccc(OC(F)F)c(OC)c2)CC1. The van der Waals surface area contributed by atoms with Gasteiger partial charge in [-0.3, -0.25) is 4.79 Å². The van der Waals surface area contributed by atoms with Crippen LogP contribution in [-0.4, -0.2) is 63.9 Å². The molecule has 0 aliphatic carbocycles. The zero-order valence-electron chi connectivity index (χ0n) is 16.3. The maximum atomic E-state index is 12.4. The van der Waals surface area contributed by atoms with Crippen molar-refractivity contribution in [1.82, 2.24) is 10.2 Å². The number of halogens is 2. The monoisotopic (exact) mass is 398 g/mol. The van der Waals surface area contributed by atoms with Crippen LogP contribution in [0.15, 0.2) is 24.3 Å². The Kier molecular flexibility index (Phi) is 9.16. The molecular formula is C20H28F2N2O4. The molecular weight excluding hydrogens is 370 g/mol. The van der Waals surface area contributed by atoms with Gasteiger partial charge >= 0.3 is 6.61 Å². The van der Waals surface area contributed by atoms with Crippen LogP contribution in [0, 0.1) is 0 Å². The van der Waals surface area contributed by atoms with E-state index in [0.717, 1.165) is 45.5 Å². The van der Waals surface area contributed by atoms with E-state index < -0.39 is 6.61 Å². The fraction of sp³-hybridized carbons (Fsp3) is 0.550. The number of carbonyl (C=O) groups is 1. The number of methoxy groups -OCH3 is 2. The molecule has 8 heteroatoms. The number of alkyl halides is 2. The Morgan fingerprint density at radius 3 is 2.68 bits per heavy atom. The van der Waals surface area contributed by atoms with Crippen LogP contribution in [0.3, 0.4) is 0 Å². The average molecular weight is 398 g/mol. The lowest BCUT2D eigenvalue weighted by molar-refractivity contribution is -0.117. The Balaban J connectivity index is 1.81. The number of hydrogen-bond donors (Lipinski definition) is 1. The van der Waals surface area contributed by atoms with Crippen LogP contribution >= 0.6 is 0 Å². The Hall–Kier alpha value is -2.19. The van der Waals surface area contributed by atoms with Crippen molar-refractivity contribution in [1.29, 1.82) is 0 Å². The number of likely N-dealkylation sites (tertiary alicyclic amines) is 1. The normalized spacial score (nSPS) is 15.9. The van der Waals surface area contributed by atoms with E-state index >= 15 is 0 Å². The first-order valence-corrected chi connectivity index (χ1v) is 9.34. The number of rotatable bonds is 10. The van der Waals surface area contributed by atoms with E-state index in [0.29, 0.717) is 5.56 Å². The van der Waals surface area contributed by atoms with E-state index in [1.54, 1.807) is 25.3 Å². The average Bonchev–Trinajstić information content (AvgIpc) is 2.68. The topological polar surface area (TPSA) is 60.0 Å². The van der Waals surface area contributed by atoms with E-state index in [2.05, 4.69) is 15.0 Å². The van der Waals surface area contributed by atoms with Crippen LogP contribution in [-0.2, 0) is 9.53 Å². The van der Waals surface area contributed by atoms with Crippen LogP contribution in [0.4, 0.5) is 8.78 Å². The van der Waals surface area contributed by atoms with Gasteiger partial charge in [0.15, 0.2) is 11.5 Å². The van der Waals surface area contributed by atoms with Crippen molar-refractivity contribution in [3.05, 3.63) is 29.8 Å². The molecule has 0 saturated carbocycles. The first kappa shape index (κ1) is 22.1. The second kappa shape index (κ2) is 11.6. The first-order valence-electron chi connectivity index (χ1n) is 9.34. The van der Waals surface area contributed by atoms with Crippen molar-refractivity contribution < 1.29 is 27.8 Å². The Bertz CT molecular complexity index is 647. The van der Waals surface area contributed by atoms with Gasteiger partial charge in [0.05, 0.1) is 7.11 Å². The predicted octanol–water partition coefficient (Wildman–Crippen LogP) is 2.93. The summed E-state index contributed by atoms with van der Waals surface area (Å²) in [6, 6.07) is 4.68. The van der Waals surface area contributed by atoms with Crippen molar-refractivity contribution in [2.24, 2.45) is 0 Å². The summed E-state index contributed by atoms with van der Waals surface area (Å²) in [5, 5.41) is 3.01. The van der Waals surface area contributed by atoms with Crippen molar-refractivity contribution in [2.45, 2.75) is 31.9 Å². The minimum atomic E-state index is -2.92. The van der Waals surface area contributed by atoms with Crippen LogP contribution in [0.5, 0.6) is 11.5 Å². The molecule has 1 saturated heterocycles. The molecule has 0 atom stereocenters. The fourth-order valence-electron chi connectivity index (χ4n) is 3.14. The molecule has 0 unspecified atom stereocenters. The van der Waals surface area contributed by atoms with Gasteiger partial charge in [-0.2, -0.15) is 8.78 Å². The van der Waals surface area contributed by atoms with Gasteiger partial charge in [-0.25, -0.2) is 0 Å². The summed E-state index contributed by atoms with van der Waals surface area (Å²) in [5.41, 5.74) is 0.654. The number of benzene rings is 1. The van der Waals surface area contributed by atoms with E-state index in [9.17, 15) is 13.6 Å². The molecule has 1 aliphatic heterocycles. The second-order valence-electron chi connectivity index (χ2n) is 6.59. The van der Waals surface area contributed by atoms with Crippen LogP contribution in [0.25, 0.3) is 6.08 Å². The standard InChI is InChI=1S/C20H28F2N2O4/c1-26-13-3-10-24-11-8-16(9-12-24)23-19(25)7-5-15-4-6-17(28-20(21)22)18(14-15)27-2/h4-7,14,16,20H,3,8-13H2,1-2H3,(H,23,25). The van der Waals surface area contributed by atoms with Crippen molar-refractivity contribution in [2.75, 3.05) is 40.5 Å². The molecule has 0 radical (unpaired) electrons. The predicted molar refractivity (Wildman–Crippen MR) is 103 cm³/mol. The van der Waals surface area contributed by atoms with Gasteiger partial charge in [0.2, 0.25) is 5.91 Å². The summed E-state index contributed by atoms with van der Waals surface area (Å²) >= 11 is 0. The highest BCUT2D eigenvalue weighted by atomic mass is 19.3. The number of carbonyl (C=O) groups excluding carboxylic acids is 1. The van der Waals surface area contributed by atoms with Gasteiger partial charge in [-0.05, 0) is 43.0 Å². The summed E-state index contributed by atoms with van der Waals surface area (Å²) in [4.78, 5) is 14.5. The third-order valence-corrected chi connectivity index (χ3v) is 4.59. The quantitative estimate of drug-likeness (QED) is 0.485. The third kappa shape index (κ3) is 7.44. The Labute approximate surface area is 164 Å². The molecule has 2 rings (SSSR count). The molecule has 0 spiro atoms. The van der Waals surface area contributed by atoms with Crippen LogP contribution in [0.2, 0.25) is 0 Å². The van der Waals surface area contributed by atoms with Crippen molar-refractivity contribution in [3.8, 4) is 11.5 Å². The molecule has 1 fully saturated rings. The van der Waals surface area contributed by atoms with Gasteiger partial charge in [0.25, 0.3) is 0 Å². The molecule has 28 heavy (non-hydrogen) atoms. The van der Waals surface area contributed by atoms with E-state index in [1.807, 2.05) is 0 Å². The minimum Gasteiger partial charge on any atom is -0.493 e. The van der Waals surface area contributed by atoms with Gasteiger partial charge in [-0.1, -0.05) is 6.07 Å². The number of amides is 1. The number of piperidine rings is 1. The summed E-state index contributed by atoms with van der Waals surface area (Å²) in [7, 11) is 3.08. The molecule has 1 aliphatic rings. The lowest BCUT2D eigenvalue weighted by Crippen LogP contribution is -2.44.